The average Bonchev–Trinajstić information content (AvgIpc) is 3.33. The maximum Gasteiger partial charge on any atom is 0.236 e. The van der Waals surface area contributed by atoms with Gasteiger partial charge >= 0.3 is 0 Å². The third-order valence-electron chi connectivity index (χ3n) is 4.99. The summed E-state index contributed by atoms with van der Waals surface area (Å²) in [7, 11) is 0. The molecule has 3 aliphatic rings. The Morgan fingerprint density at radius 1 is 1.00 bits per heavy atom. The van der Waals surface area contributed by atoms with E-state index in [9.17, 15) is 4.79 Å². The van der Waals surface area contributed by atoms with Crippen LogP contribution >= 0.6 is 0 Å². The molecule has 0 aromatic carbocycles. The van der Waals surface area contributed by atoms with Crippen molar-refractivity contribution in [1.29, 1.82) is 0 Å². The molecule has 0 radical (unpaired) electrons. The minimum Gasteiger partial charge on any atom is -0.379 e. The molecule has 3 fully saturated rings. The fourth-order valence-corrected chi connectivity index (χ4v) is 3.33. The van der Waals surface area contributed by atoms with Gasteiger partial charge in [-0.25, -0.2) is 0 Å². The molecule has 120 valence electrons. The highest BCUT2D eigenvalue weighted by Gasteiger charge is 2.25. The van der Waals surface area contributed by atoms with Crippen molar-refractivity contribution in [3.63, 3.8) is 0 Å². The Hall–Kier alpha value is -0.650. The van der Waals surface area contributed by atoms with Crippen molar-refractivity contribution in [3.05, 3.63) is 0 Å². The van der Waals surface area contributed by atoms with Crippen LogP contribution in [0.2, 0.25) is 0 Å². The molecular formula is C16H29N3O2. The first-order valence-electron chi connectivity index (χ1n) is 8.60. The van der Waals surface area contributed by atoms with Gasteiger partial charge in [0.25, 0.3) is 0 Å². The number of amides is 1. The van der Waals surface area contributed by atoms with Gasteiger partial charge in [-0.1, -0.05) is 0 Å². The summed E-state index contributed by atoms with van der Waals surface area (Å²) in [5.41, 5.74) is 0. The molecule has 2 saturated heterocycles. The summed E-state index contributed by atoms with van der Waals surface area (Å²) >= 11 is 0. The molecule has 5 nitrogen and oxygen atoms in total. The SMILES string of the molecule is O=C(CNCC1CC1)N1CCC(CN2CCOCC2)CC1. The molecule has 0 atom stereocenters. The summed E-state index contributed by atoms with van der Waals surface area (Å²) in [4.78, 5) is 16.7. The predicted molar refractivity (Wildman–Crippen MR) is 82.2 cm³/mol. The van der Waals surface area contributed by atoms with Crippen LogP contribution in [0.15, 0.2) is 0 Å². The molecule has 21 heavy (non-hydrogen) atoms. The zero-order valence-electron chi connectivity index (χ0n) is 13.1. The van der Waals surface area contributed by atoms with Crippen LogP contribution in [0.1, 0.15) is 25.7 Å². The fraction of sp³-hybridized carbons (Fsp3) is 0.938. The Labute approximate surface area is 128 Å². The van der Waals surface area contributed by atoms with Gasteiger partial charge in [0.2, 0.25) is 5.91 Å². The van der Waals surface area contributed by atoms with Gasteiger partial charge in [-0.3, -0.25) is 9.69 Å². The average molecular weight is 295 g/mol. The van der Waals surface area contributed by atoms with Crippen LogP contribution in [0, 0.1) is 11.8 Å². The lowest BCUT2D eigenvalue weighted by Gasteiger charge is -2.36. The van der Waals surface area contributed by atoms with E-state index in [1.54, 1.807) is 0 Å². The maximum atomic E-state index is 12.1. The van der Waals surface area contributed by atoms with E-state index in [0.717, 1.165) is 70.6 Å². The normalized spacial score (nSPS) is 25.2. The van der Waals surface area contributed by atoms with Gasteiger partial charge < -0.3 is 15.0 Å². The predicted octanol–water partition coefficient (Wildman–Crippen LogP) is 0.557. The molecular weight excluding hydrogens is 266 g/mol. The Balaban J connectivity index is 1.30. The standard InChI is InChI=1S/C16H29N3O2/c20-16(12-17-11-14-1-2-14)19-5-3-15(4-6-19)13-18-7-9-21-10-8-18/h14-15,17H,1-13H2. The van der Waals surface area contributed by atoms with Crippen LogP contribution < -0.4 is 5.32 Å². The molecule has 1 amide bonds. The molecule has 2 aliphatic heterocycles. The largest absolute Gasteiger partial charge is 0.379 e. The molecule has 5 heteroatoms. The number of likely N-dealkylation sites (tertiary alicyclic amines) is 1. The quantitative estimate of drug-likeness (QED) is 0.777. The molecule has 3 rings (SSSR count). The first-order chi connectivity index (χ1) is 10.3. The first kappa shape index (κ1) is 15.3. The summed E-state index contributed by atoms with van der Waals surface area (Å²) < 4.78 is 5.39. The maximum absolute atomic E-state index is 12.1. The monoisotopic (exact) mass is 295 g/mol. The van der Waals surface area contributed by atoms with Crippen molar-refractivity contribution >= 4 is 5.91 Å². The van der Waals surface area contributed by atoms with Crippen molar-refractivity contribution in [2.75, 3.05) is 59.0 Å². The Morgan fingerprint density at radius 2 is 1.71 bits per heavy atom. The Kier molecular flexibility index (Phi) is 5.49. The van der Waals surface area contributed by atoms with Crippen molar-refractivity contribution in [3.8, 4) is 0 Å². The van der Waals surface area contributed by atoms with Crippen molar-refractivity contribution in [2.24, 2.45) is 11.8 Å². The highest BCUT2D eigenvalue weighted by atomic mass is 16.5. The number of hydrogen-bond acceptors (Lipinski definition) is 4. The Morgan fingerprint density at radius 3 is 2.38 bits per heavy atom. The van der Waals surface area contributed by atoms with Gasteiger partial charge in [0.15, 0.2) is 0 Å². The minimum absolute atomic E-state index is 0.292. The van der Waals surface area contributed by atoms with Gasteiger partial charge in [0.05, 0.1) is 19.8 Å². The summed E-state index contributed by atoms with van der Waals surface area (Å²) in [5.74, 6) is 1.89. The smallest absolute Gasteiger partial charge is 0.236 e. The van der Waals surface area contributed by atoms with Gasteiger partial charge in [-0.15, -0.1) is 0 Å². The summed E-state index contributed by atoms with van der Waals surface area (Å²) in [5, 5.41) is 3.31. The number of hydrogen-bond donors (Lipinski definition) is 1. The van der Waals surface area contributed by atoms with Crippen LogP contribution in [0.4, 0.5) is 0 Å². The van der Waals surface area contributed by atoms with E-state index in [4.69, 9.17) is 4.74 Å². The molecule has 1 N–H and O–H groups in total. The van der Waals surface area contributed by atoms with Crippen molar-refractivity contribution in [2.45, 2.75) is 25.7 Å². The molecule has 0 unspecified atom stereocenters. The first-order valence-corrected chi connectivity index (χ1v) is 8.60. The molecule has 0 aromatic heterocycles. The molecule has 1 saturated carbocycles. The lowest BCUT2D eigenvalue weighted by atomic mass is 9.96. The minimum atomic E-state index is 0.292. The second kappa shape index (κ2) is 7.56. The summed E-state index contributed by atoms with van der Waals surface area (Å²) in [6.07, 6.45) is 5.00. The second-order valence-electron chi connectivity index (χ2n) is 6.81. The number of nitrogens with one attached hydrogen (secondary N) is 1. The van der Waals surface area contributed by atoms with Crippen LogP contribution in [-0.4, -0.2) is 74.7 Å². The van der Waals surface area contributed by atoms with Gasteiger partial charge in [0, 0.05) is 32.7 Å². The highest BCUT2D eigenvalue weighted by Crippen LogP contribution is 2.27. The molecule has 2 heterocycles. The van der Waals surface area contributed by atoms with E-state index in [-0.39, 0.29) is 0 Å². The number of piperidine rings is 1. The van der Waals surface area contributed by atoms with E-state index in [1.807, 2.05) is 0 Å². The second-order valence-corrected chi connectivity index (χ2v) is 6.81. The number of rotatable bonds is 6. The van der Waals surface area contributed by atoms with Crippen LogP contribution in [0.5, 0.6) is 0 Å². The number of carbonyl (C=O) groups excluding carboxylic acids is 1. The third-order valence-corrected chi connectivity index (χ3v) is 4.99. The third kappa shape index (κ3) is 4.94. The molecule has 0 aromatic rings. The van der Waals surface area contributed by atoms with E-state index >= 15 is 0 Å². The number of nitrogens with zero attached hydrogens (tertiary/aromatic N) is 2. The molecule has 0 bridgehead atoms. The van der Waals surface area contributed by atoms with Crippen molar-refractivity contribution < 1.29 is 9.53 Å². The van der Waals surface area contributed by atoms with Crippen LogP contribution in [0.25, 0.3) is 0 Å². The van der Waals surface area contributed by atoms with E-state index < -0.39 is 0 Å². The van der Waals surface area contributed by atoms with Crippen LogP contribution in [-0.2, 0) is 9.53 Å². The van der Waals surface area contributed by atoms with Crippen LogP contribution in [0.3, 0.4) is 0 Å². The summed E-state index contributed by atoms with van der Waals surface area (Å²) in [6, 6.07) is 0. The van der Waals surface area contributed by atoms with E-state index in [2.05, 4.69) is 15.1 Å². The topological polar surface area (TPSA) is 44.8 Å². The number of ether oxygens (including phenoxy) is 1. The zero-order chi connectivity index (χ0) is 14.5. The van der Waals surface area contributed by atoms with Gasteiger partial charge in [-0.05, 0) is 44.1 Å². The fourth-order valence-electron chi connectivity index (χ4n) is 3.33. The summed E-state index contributed by atoms with van der Waals surface area (Å²) in [6.45, 7) is 8.54. The van der Waals surface area contributed by atoms with E-state index in [0.29, 0.717) is 12.5 Å². The van der Waals surface area contributed by atoms with Gasteiger partial charge in [-0.2, -0.15) is 0 Å². The van der Waals surface area contributed by atoms with Crippen molar-refractivity contribution in [1.82, 2.24) is 15.1 Å². The number of morpholine rings is 1. The molecule has 1 aliphatic carbocycles. The van der Waals surface area contributed by atoms with E-state index in [1.165, 1.54) is 19.4 Å². The highest BCUT2D eigenvalue weighted by molar-refractivity contribution is 5.78. The lowest BCUT2D eigenvalue weighted by Crippen LogP contribution is -2.46. The van der Waals surface area contributed by atoms with Gasteiger partial charge in [0.1, 0.15) is 0 Å². The molecule has 0 spiro atoms. The number of carbonyl (C=O) groups is 1. The lowest BCUT2D eigenvalue weighted by molar-refractivity contribution is -0.131. The Bertz CT molecular complexity index is 332. The zero-order valence-corrected chi connectivity index (χ0v) is 13.1.